The summed E-state index contributed by atoms with van der Waals surface area (Å²) in [6.07, 6.45) is 6.41. The minimum Gasteiger partial charge on any atom is -0.506 e. The van der Waals surface area contributed by atoms with E-state index in [1.54, 1.807) is 48.8 Å². The van der Waals surface area contributed by atoms with Crippen molar-refractivity contribution in [2.45, 2.75) is 6.92 Å². The van der Waals surface area contributed by atoms with Crippen LogP contribution in [0.4, 0.5) is 5.69 Å². The van der Waals surface area contributed by atoms with Gasteiger partial charge in [-0.1, -0.05) is 6.07 Å². The first-order valence-corrected chi connectivity index (χ1v) is 5.84. The Hall–Kier alpha value is -2.62. The lowest BCUT2D eigenvalue weighted by Gasteiger charge is -2.05. The molecule has 4 nitrogen and oxygen atoms in total. The third-order valence-electron chi connectivity index (χ3n) is 2.54. The van der Waals surface area contributed by atoms with Crippen molar-refractivity contribution in [3.63, 3.8) is 0 Å². The molecule has 2 rings (SSSR count). The molecule has 1 aromatic heterocycles. The molecule has 1 aromatic carbocycles. The molecule has 0 unspecified atom stereocenters. The number of carbonyl (C=O) groups excluding carboxylic acids is 1. The number of pyridine rings is 1. The number of anilines is 1. The van der Waals surface area contributed by atoms with Gasteiger partial charge in [0.15, 0.2) is 0 Å². The Labute approximate surface area is 111 Å². The molecule has 0 aliphatic heterocycles. The molecular formula is C15H14N2O2. The summed E-state index contributed by atoms with van der Waals surface area (Å²) in [7, 11) is 0. The van der Waals surface area contributed by atoms with Crippen molar-refractivity contribution in [2.75, 3.05) is 5.32 Å². The maximum absolute atomic E-state index is 11.7. The number of carbonyl (C=O) groups is 1. The van der Waals surface area contributed by atoms with E-state index in [2.05, 4.69) is 10.3 Å². The van der Waals surface area contributed by atoms with Crippen LogP contribution in [0, 0.1) is 6.92 Å². The molecule has 19 heavy (non-hydrogen) atoms. The lowest BCUT2D eigenvalue weighted by Crippen LogP contribution is -2.08. The van der Waals surface area contributed by atoms with Crippen LogP contribution >= 0.6 is 0 Å². The topological polar surface area (TPSA) is 62.2 Å². The van der Waals surface area contributed by atoms with E-state index in [1.807, 2.05) is 6.92 Å². The van der Waals surface area contributed by atoms with Crippen LogP contribution in [-0.2, 0) is 4.79 Å². The number of rotatable bonds is 3. The smallest absolute Gasteiger partial charge is 0.248 e. The van der Waals surface area contributed by atoms with E-state index in [4.69, 9.17) is 0 Å². The van der Waals surface area contributed by atoms with Gasteiger partial charge in [-0.2, -0.15) is 0 Å². The lowest BCUT2D eigenvalue weighted by atomic mass is 10.2. The Kier molecular flexibility index (Phi) is 3.93. The molecule has 0 aliphatic rings. The van der Waals surface area contributed by atoms with Crippen molar-refractivity contribution in [3.05, 3.63) is 59.9 Å². The Morgan fingerprint density at radius 3 is 2.74 bits per heavy atom. The van der Waals surface area contributed by atoms with Crippen LogP contribution in [0.15, 0.2) is 48.8 Å². The predicted octanol–water partition coefficient (Wildman–Crippen LogP) is 2.75. The molecule has 2 aromatic rings. The molecule has 1 amide bonds. The van der Waals surface area contributed by atoms with Crippen molar-refractivity contribution in [3.8, 4) is 5.75 Å². The second kappa shape index (κ2) is 5.82. The van der Waals surface area contributed by atoms with E-state index in [1.165, 1.54) is 6.08 Å². The first-order valence-electron chi connectivity index (χ1n) is 5.84. The van der Waals surface area contributed by atoms with Crippen LogP contribution < -0.4 is 5.32 Å². The zero-order chi connectivity index (χ0) is 13.7. The average Bonchev–Trinajstić information content (AvgIpc) is 2.42. The van der Waals surface area contributed by atoms with Crippen LogP contribution in [0.2, 0.25) is 0 Å². The largest absolute Gasteiger partial charge is 0.506 e. The first-order chi connectivity index (χ1) is 9.15. The summed E-state index contributed by atoms with van der Waals surface area (Å²) in [5.74, 6) is -0.242. The van der Waals surface area contributed by atoms with Gasteiger partial charge < -0.3 is 10.4 Å². The summed E-state index contributed by atoms with van der Waals surface area (Å²) in [6.45, 7) is 1.89. The van der Waals surface area contributed by atoms with Gasteiger partial charge in [-0.05, 0) is 48.4 Å². The highest BCUT2D eigenvalue weighted by Gasteiger charge is 2.03. The highest BCUT2D eigenvalue weighted by molar-refractivity contribution is 6.02. The maximum atomic E-state index is 11.7. The number of nitrogens with one attached hydrogen (secondary N) is 1. The zero-order valence-electron chi connectivity index (χ0n) is 10.5. The van der Waals surface area contributed by atoms with E-state index in [9.17, 15) is 9.90 Å². The van der Waals surface area contributed by atoms with Gasteiger partial charge in [0.25, 0.3) is 0 Å². The van der Waals surface area contributed by atoms with Crippen molar-refractivity contribution >= 4 is 17.7 Å². The third kappa shape index (κ3) is 3.67. The van der Waals surface area contributed by atoms with Crippen LogP contribution in [0.5, 0.6) is 5.75 Å². The van der Waals surface area contributed by atoms with E-state index in [0.29, 0.717) is 5.69 Å². The minimum absolute atomic E-state index is 0.0521. The number of aryl methyl sites for hydroxylation is 1. The summed E-state index contributed by atoms with van der Waals surface area (Å²) in [5, 5.41) is 12.3. The number of phenols is 1. The van der Waals surface area contributed by atoms with Gasteiger partial charge in [-0.3, -0.25) is 9.78 Å². The molecule has 0 aliphatic carbocycles. The molecule has 2 N–H and O–H groups in total. The maximum Gasteiger partial charge on any atom is 0.248 e. The van der Waals surface area contributed by atoms with Crippen molar-refractivity contribution in [1.29, 1.82) is 0 Å². The summed E-state index contributed by atoms with van der Waals surface area (Å²) < 4.78 is 0. The predicted molar refractivity (Wildman–Crippen MR) is 74.7 cm³/mol. The average molecular weight is 254 g/mol. The number of benzene rings is 1. The Balaban J connectivity index is 2.06. The van der Waals surface area contributed by atoms with Gasteiger partial charge in [0.2, 0.25) is 5.91 Å². The molecule has 0 atom stereocenters. The zero-order valence-corrected chi connectivity index (χ0v) is 10.5. The van der Waals surface area contributed by atoms with Gasteiger partial charge in [-0.25, -0.2) is 0 Å². The van der Waals surface area contributed by atoms with E-state index in [0.717, 1.165) is 11.1 Å². The molecular weight excluding hydrogens is 240 g/mol. The number of aromatic hydroxyl groups is 1. The Morgan fingerprint density at radius 2 is 2.00 bits per heavy atom. The van der Waals surface area contributed by atoms with Crippen LogP contribution in [-0.4, -0.2) is 16.0 Å². The van der Waals surface area contributed by atoms with Crippen LogP contribution in [0.3, 0.4) is 0 Å². The fourth-order valence-electron chi connectivity index (χ4n) is 1.57. The van der Waals surface area contributed by atoms with E-state index >= 15 is 0 Å². The quantitative estimate of drug-likeness (QED) is 0.654. The van der Waals surface area contributed by atoms with Crippen LogP contribution in [0.25, 0.3) is 6.08 Å². The molecule has 4 heteroatoms. The monoisotopic (exact) mass is 254 g/mol. The molecule has 0 spiro atoms. The molecule has 0 bridgehead atoms. The summed E-state index contributed by atoms with van der Waals surface area (Å²) in [6, 6.07) is 8.64. The summed E-state index contributed by atoms with van der Waals surface area (Å²) in [5.41, 5.74) is 2.26. The number of aromatic nitrogens is 1. The van der Waals surface area contributed by atoms with Crippen molar-refractivity contribution in [1.82, 2.24) is 4.98 Å². The van der Waals surface area contributed by atoms with E-state index in [-0.39, 0.29) is 11.7 Å². The molecule has 0 saturated carbocycles. The van der Waals surface area contributed by atoms with Gasteiger partial charge in [-0.15, -0.1) is 0 Å². The second-order valence-corrected chi connectivity index (χ2v) is 4.12. The number of amides is 1. The number of hydrogen-bond donors (Lipinski definition) is 2. The summed E-state index contributed by atoms with van der Waals surface area (Å²) >= 11 is 0. The first kappa shape index (κ1) is 12.8. The highest BCUT2D eigenvalue weighted by atomic mass is 16.3. The van der Waals surface area contributed by atoms with E-state index < -0.39 is 0 Å². The van der Waals surface area contributed by atoms with Crippen LogP contribution in [0.1, 0.15) is 11.1 Å². The molecule has 1 heterocycles. The fraction of sp³-hybridized carbons (Fsp3) is 0.0667. The molecule has 0 saturated heterocycles. The van der Waals surface area contributed by atoms with Gasteiger partial charge in [0.1, 0.15) is 5.75 Å². The highest BCUT2D eigenvalue weighted by Crippen LogP contribution is 2.23. The Morgan fingerprint density at radius 1 is 1.26 bits per heavy atom. The number of phenolic OH excluding ortho intramolecular Hbond substituents is 1. The third-order valence-corrected chi connectivity index (χ3v) is 2.54. The Bertz CT molecular complexity index is 607. The standard InChI is InChI=1S/C15H14N2O2/c1-11-2-4-14(18)13(10-11)17-15(19)5-3-12-6-8-16-9-7-12/h2-10,18H,1H3,(H,17,19)/b5-3+. The second-order valence-electron chi connectivity index (χ2n) is 4.12. The fourth-order valence-corrected chi connectivity index (χ4v) is 1.57. The normalized spacial score (nSPS) is 10.6. The SMILES string of the molecule is Cc1ccc(O)c(NC(=O)/C=C/c2ccncc2)c1. The number of hydrogen-bond acceptors (Lipinski definition) is 3. The number of nitrogens with zero attached hydrogens (tertiary/aromatic N) is 1. The van der Waals surface area contributed by atoms with Gasteiger partial charge in [0, 0.05) is 18.5 Å². The van der Waals surface area contributed by atoms with Gasteiger partial charge >= 0.3 is 0 Å². The molecule has 96 valence electrons. The molecule has 0 fully saturated rings. The van der Waals surface area contributed by atoms with Gasteiger partial charge in [0.05, 0.1) is 5.69 Å². The lowest BCUT2D eigenvalue weighted by molar-refractivity contribution is -0.111. The minimum atomic E-state index is -0.294. The summed E-state index contributed by atoms with van der Waals surface area (Å²) in [4.78, 5) is 15.6. The van der Waals surface area contributed by atoms with Crippen molar-refractivity contribution in [2.24, 2.45) is 0 Å². The molecule has 0 radical (unpaired) electrons. The van der Waals surface area contributed by atoms with Crippen molar-refractivity contribution < 1.29 is 9.90 Å².